The molecule has 2 heterocycles. The maximum atomic E-state index is 11.7. The van der Waals surface area contributed by atoms with Crippen LogP contribution in [0.4, 0.5) is 0 Å². The van der Waals surface area contributed by atoms with Crippen LogP contribution in [0.5, 0.6) is 10.8 Å². The lowest BCUT2D eigenvalue weighted by atomic mass is 9.93. The summed E-state index contributed by atoms with van der Waals surface area (Å²) < 4.78 is 5.85. The Balaban J connectivity index is 2.12. The van der Waals surface area contributed by atoms with E-state index in [9.17, 15) is 4.79 Å². The van der Waals surface area contributed by atoms with Crippen LogP contribution in [-0.4, -0.2) is 17.1 Å². The molecule has 1 aliphatic carbocycles. The normalized spacial score (nSPS) is 13.2. The summed E-state index contributed by atoms with van der Waals surface area (Å²) in [5.41, 5.74) is 8.10. The van der Waals surface area contributed by atoms with Gasteiger partial charge < -0.3 is 15.9 Å². The summed E-state index contributed by atoms with van der Waals surface area (Å²) in [7, 11) is 0. The van der Waals surface area contributed by atoms with Gasteiger partial charge in [0, 0.05) is 28.9 Å². The molecule has 1 aliphatic rings. The topological polar surface area (TPSA) is 113 Å². The second kappa shape index (κ2) is 6.47. The van der Waals surface area contributed by atoms with E-state index >= 15 is 0 Å². The standard InChI is InChI=1S/C16H12N4O2S2/c17-4-8-3-10(7-20-6-8)22-16-12-11(14(24-16)15(19)21)2-1-9(5-18)13(12)23/h3,5-7,18,23H,1-2H2,(H2,19,21). The summed E-state index contributed by atoms with van der Waals surface area (Å²) in [6, 6.07) is 3.56. The summed E-state index contributed by atoms with van der Waals surface area (Å²) in [5.74, 6) is -0.133. The molecule has 1 amide bonds. The van der Waals surface area contributed by atoms with E-state index in [1.54, 1.807) is 6.07 Å². The first kappa shape index (κ1) is 16.2. The predicted molar refractivity (Wildman–Crippen MR) is 94.9 cm³/mol. The van der Waals surface area contributed by atoms with E-state index < -0.39 is 5.91 Å². The van der Waals surface area contributed by atoms with Crippen molar-refractivity contribution in [2.75, 3.05) is 0 Å². The molecule has 0 radical (unpaired) electrons. The van der Waals surface area contributed by atoms with Gasteiger partial charge in [-0.15, -0.1) is 12.6 Å². The van der Waals surface area contributed by atoms with Gasteiger partial charge in [0.1, 0.15) is 11.8 Å². The molecular formula is C16H12N4O2S2. The van der Waals surface area contributed by atoms with Crippen LogP contribution in [0.15, 0.2) is 24.0 Å². The van der Waals surface area contributed by atoms with Crippen LogP contribution < -0.4 is 10.5 Å². The smallest absolute Gasteiger partial charge is 0.259 e. The van der Waals surface area contributed by atoms with Gasteiger partial charge in [-0.05, 0) is 24.0 Å². The van der Waals surface area contributed by atoms with Crippen molar-refractivity contribution < 1.29 is 9.53 Å². The van der Waals surface area contributed by atoms with E-state index in [-0.39, 0.29) is 0 Å². The Hall–Kier alpha value is -2.63. The third-order valence-electron chi connectivity index (χ3n) is 3.61. The van der Waals surface area contributed by atoms with E-state index in [0.29, 0.717) is 44.6 Å². The van der Waals surface area contributed by atoms with Gasteiger partial charge in [0.25, 0.3) is 5.91 Å². The number of pyridine rings is 1. The summed E-state index contributed by atoms with van der Waals surface area (Å²) >= 11 is 5.65. The molecule has 0 saturated heterocycles. The number of ether oxygens (including phenoxy) is 1. The van der Waals surface area contributed by atoms with Gasteiger partial charge in [-0.2, -0.15) is 5.26 Å². The van der Waals surface area contributed by atoms with Gasteiger partial charge in [-0.1, -0.05) is 11.3 Å². The first-order valence-corrected chi connectivity index (χ1v) is 8.23. The zero-order valence-electron chi connectivity index (χ0n) is 12.4. The van der Waals surface area contributed by atoms with Crippen molar-refractivity contribution in [3.05, 3.63) is 45.6 Å². The summed E-state index contributed by atoms with van der Waals surface area (Å²) in [6.07, 6.45) is 5.40. The van der Waals surface area contributed by atoms with Crippen molar-refractivity contribution in [1.29, 1.82) is 10.7 Å². The molecule has 6 nitrogen and oxygen atoms in total. The third kappa shape index (κ3) is 2.79. The van der Waals surface area contributed by atoms with E-state index in [1.807, 2.05) is 6.07 Å². The Morgan fingerprint density at radius 1 is 1.50 bits per heavy atom. The number of hydrogen-bond acceptors (Lipinski definition) is 7. The summed E-state index contributed by atoms with van der Waals surface area (Å²) in [5, 5.41) is 16.9. The summed E-state index contributed by atoms with van der Waals surface area (Å²) in [6.45, 7) is 0. The van der Waals surface area contributed by atoms with Crippen LogP contribution >= 0.6 is 24.0 Å². The first-order chi connectivity index (χ1) is 11.5. The molecule has 0 unspecified atom stereocenters. The van der Waals surface area contributed by atoms with Crippen molar-refractivity contribution in [3.63, 3.8) is 0 Å². The van der Waals surface area contributed by atoms with Crippen molar-refractivity contribution in [2.24, 2.45) is 5.73 Å². The van der Waals surface area contributed by atoms with E-state index in [2.05, 4.69) is 17.6 Å². The van der Waals surface area contributed by atoms with Crippen LogP contribution in [0.3, 0.4) is 0 Å². The number of nitriles is 1. The lowest BCUT2D eigenvalue weighted by Crippen LogP contribution is -2.13. The number of carbonyl (C=O) groups is 1. The average molecular weight is 356 g/mol. The molecule has 0 atom stereocenters. The number of nitrogens with one attached hydrogen (secondary N) is 1. The van der Waals surface area contributed by atoms with Crippen LogP contribution in [-0.2, 0) is 6.42 Å². The van der Waals surface area contributed by atoms with Crippen LogP contribution in [0.25, 0.3) is 4.91 Å². The van der Waals surface area contributed by atoms with Gasteiger partial charge in [-0.25, -0.2) is 0 Å². The van der Waals surface area contributed by atoms with E-state index in [4.69, 9.17) is 21.1 Å². The maximum absolute atomic E-state index is 11.7. The van der Waals surface area contributed by atoms with Gasteiger partial charge in [0.2, 0.25) is 0 Å². The fourth-order valence-electron chi connectivity index (χ4n) is 2.51. The Bertz CT molecular complexity index is 925. The molecule has 0 spiro atoms. The van der Waals surface area contributed by atoms with Gasteiger partial charge >= 0.3 is 0 Å². The second-order valence-corrected chi connectivity index (χ2v) is 6.51. The van der Waals surface area contributed by atoms with Crippen LogP contribution in [0.1, 0.15) is 32.8 Å². The Morgan fingerprint density at radius 2 is 2.29 bits per heavy atom. The highest BCUT2D eigenvalue weighted by molar-refractivity contribution is 7.90. The molecule has 2 aromatic heterocycles. The van der Waals surface area contributed by atoms with Gasteiger partial charge in [0.15, 0.2) is 5.06 Å². The van der Waals surface area contributed by atoms with E-state index in [0.717, 1.165) is 22.5 Å². The van der Waals surface area contributed by atoms with Gasteiger partial charge in [0.05, 0.1) is 16.6 Å². The SMILES string of the molecule is N#Cc1cncc(Oc2sc(C(N)=O)c3c2C(S)=C(C=N)CC3)c1. The van der Waals surface area contributed by atoms with Crippen molar-refractivity contribution in [3.8, 4) is 16.9 Å². The van der Waals surface area contributed by atoms with Crippen molar-refractivity contribution in [1.82, 2.24) is 4.98 Å². The highest BCUT2D eigenvalue weighted by atomic mass is 32.1. The minimum atomic E-state index is -0.519. The van der Waals surface area contributed by atoms with Crippen molar-refractivity contribution in [2.45, 2.75) is 12.8 Å². The van der Waals surface area contributed by atoms with Crippen LogP contribution in [0, 0.1) is 16.7 Å². The number of primary amides is 1. The number of amides is 1. The molecule has 0 bridgehead atoms. The number of allylic oxidation sites excluding steroid dienone is 1. The summed E-state index contributed by atoms with van der Waals surface area (Å²) in [4.78, 5) is 16.7. The predicted octanol–water partition coefficient (Wildman–Crippen LogP) is 3.14. The van der Waals surface area contributed by atoms with Crippen LogP contribution in [0.2, 0.25) is 0 Å². The zero-order chi connectivity index (χ0) is 17.3. The first-order valence-electron chi connectivity index (χ1n) is 6.96. The number of hydrogen-bond donors (Lipinski definition) is 3. The lowest BCUT2D eigenvalue weighted by molar-refractivity contribution is 0.100. The Morgan fingerprint density at radius 3 is 2.96 bits per heavy atom. The molecule has 0 saturated carbocycles. The molecule has 3 rings (SSSR count). The number of aromatic nitrogens is 1. The maximum Gasteiger partial charge on any atom is 0.259 e. The molecule has 120 valence electrons. The number of nitrogens with two attached hydrogens (primary N) is 1. The van der Waals surface area contributed by atoms with E-state index in [1.165, 1.54) is 18.6 Å². The molecule has 0 aromatic carbocycles. The zero-order valence-corrected chi connectivity index (χ0v) is 14.1. The quantitative estimate of drug-likeness (QED) is 0.577. The highest BCUT2D eigenvalue weighted by Gasteiger charge is 2.28. The average Bonchev–Trinajstić information content (AvgIpc) is 2.95. The molecule has 0 aliphatic heterocycles. The number of nitrogens with zero attached hydrogens (tertiary/aromatic N) is 2. The lowest BCUT2D eigenvalue weighted by Gasteiger charge is -2.16. The Kier molecular flexibility index (Phi) is 4.38. The molecular weight excluding hydrogens is 344 g/mol. The van der Waals surface area contributed by atoms with Gasteiger partial charge in [-0.3, -0.25) is 9.78 Å². The monoisotopic (exact) mass is 356 g/mol. The minimum Gasteiger partial charge on any atom is -0.444 e. The number of rotatable bonds is 4. The number of fused-ring (bicyclic) bond motifs is 1. The number of carbonyl (C=O) groups excluding carboxylic acids is 1. The fraction of sp³-hybridized carbons (Fsp3) is 0.125. The number of thiol groups is 1. The molecule has 0 fully saturated rings. The molecule has 2 aromatic rings. The highest BCUT2D eigenvalue weighted by Crippen LogP contribution is 2.47. The fourth-order valence-corrected chi connectivity index (χ4v) is 4.08. The third-order valence-corrected chi connectivity index (χ3v) is 5.25. The molecule has 24 heavy (non-hydrogen) atoms. The Labute approximate surface area is 147 Å². The van der Waals surface area contributed by atoms with Crippen molar-refractivity contribution >= 4 is 41.0 Å². The second-order valence-electron chi connectivity index (χ2n) is 5.08. The largest absolute Gasteiger partial charge is 0.444 e. The minimum absolute atomic E-state index is 0.370. The molecule has 8 heteroatoms. The number of thiophene rings is 1. The molecule has 3 N–H and O–H groups in total.